The summed E-state index contributed by atoms with van der Waals surface area (Å²) in [6.07, 6.45) is -2.27. The Morgan fingerprint density at radius 1 is 1.14 bits per heavy atom. The number of carbonyl (C=O) groups excluding carboxylic acids is 1. The molecule has 0 spiro atoms. The molecule has 0 bridgehead atoms. The van der Waals surface area contributed by atoms with Gasteiger partial charge in [-0.15, -0.1) is 13.2 Å². The highest BCUT2D eigenvalue weighted by Gasteiger charge is 2.31. The Kier molecular flexibility index (Phi) is 6.31. The van der Waals surface area contributed by atoms with Gasteiger partial charge in [-0.3, -0.25) is 4.79 Å². The van der Waals surface area contributed by atoms with E-state index in [1.807, 2.05) is 19.1 Å². The molecule has 0 saturated heterocycles. The lowest BCUT2D eigenvalue weighted by Crippen LogP contribution is -2.29. The van der Waals surface area contributed by atoms with Crippen LogP contribution >= 0.6 is 0 Å². The van der Waals surface area contributed by atoms with E-state index in [4.69, 9.17) is 9.47 Å². The quantitative estimate of drug-likeness (QED) is 0.666. The Bertz CT molecular complexity index is 896. The minimum Gasteiger partial charge on any atom is -0.486 e. The molecule has 0 aromatic heterocycles. The first-order chi connectivity index (χ1) is 13.9. The number of nitrogens with zero attached hydrogens (tertiary/aromatic N) is 1. The molecule has 0 unspecified atom stereocenters. The van der Waals surface area contributed by atoms with Gasteiger partial charge < -0.3 is 19.1 Å². The monoisotopic (exact) mass is 407 g/mol. The maximum atomic E-state index is 12.6. The number of rotatable bonds is 6. The molecule has 29 heavy (non-hydrogen) atoms. The van der Waals surface area contributed by atoms with E-state index in [1.165, 1.54) is 30.4 Å². The van der Waals surface area contributed by atoms with Gasteiger partial charge in [-0.1, -0.05) is 30.3 Å². The van der Waals surface area contributed by atoms with Crippen molar-refractivity contribution >= 4 is 12.0 Å². The van der Waals surface area contributed by atoms with Gasteiger partial charge in [0.05, 0.1) is 0 Å². The Morgan fingerprint density at radius 2 is 1.90 bits per heavy atom. The van der Waals surface area contributed by atoms with Gasteiger partial charge in [-0.2, -0.15) is 0 Å². The van der Waals surface area contributed by atoms with Crippen molar-refractivity contribution in [1.82, 2.24) is 4.90 Å². The van der Waals surface area contributed by atoms with Crippen LogP contribution in [-0.2, 0) is 11.3 Å². The van der Waals surface area contributed by atoms with Gasteiger partial charge in [0.2, 0.25) is 5.91 Å². The Balaban J connectivity index is 1.75. The van der Waals surface area contributed by atoms with Crippen LogP contribution in [0.25, 0.3) is 6.08 Å². The third kappa shape index (κ3) is 5.43. The highest BCUT2D eigenvalue weighted by atomic mass is 19.4. The molecule has 2 aromatic rings. The summed E-state index contributed by atoms with van der Waals surface area (Å²) in [7, 11) is 0. The van der Waals surface area contributed by atoms with E-state index in [9.17, 15) is 18.0 Å². The molecule has 3 rings (SSSR count). The molecule has 0 atom stereocenters. The maximum Gasteiger partial charge on any atom is 0.573 e. The van der Waals surface area contributed by atoms with Crippen molar-refractivity contribution in [1.29, 1.82) is 0 Å². The minimum absolute atomic E-state index is 0.156. The first-order valence-corrected chi connectivity index (χ1v) is 9.06. The van der Waals surface area contributed by atoms with Crippen molar-refractivity contribution in [3.05, 3.63) is 59.7 Å². The SMILES string of the molecule is CCN(Cc1cccc2c1OCCO2)C(=O)/C=C/c1ccccc1OC(F)(F)F. The van der Waals surface area contributed by atoms with E-state index < -0.39 is 6.36 Å². The average Bonchev–Trinajstić information content (AvgIpc) is 2.70. The highest BCUT2D eigenvalue weighted by Crippen LogP contribution is 2.34. The van der Waals surface area contributed by atoms with Crippen molar-refractivity contribution in [3.8, 4) is 17.2 Å². The second kappa shape index (κ2) is 8.89. The molecule has 0 aliphatic carbocycles. The Hall–Kier alpha value is -3.16. The lowest BCUT2D eigenvalue weighted by atomic mass is 10.1. The summed E-state index contributed by atoms with van der Waals surface area (Å²) < 4.78 is 52.8. The van der Waals surface area contributed by atoms with Gasteiger partial charge in [0.25, 0.3) is 0 Å². The number of benzene rings is 2. The number of ether oxygens (including phenoxy) is 3. The fourth-order valence-electron chi connectivity index (χ4n) is 2.91. The van der Waals surface area contributed by atoms with Crippen molar-refractivity contribution in [3.63, 3.8) is 0 Å². The van der Waals surface area contributed by atoms with Crippen molar-refractivity contribution in [2.45, 2.75) is 19.8 Å². The summed E-state index contributed by atoms with van der Waals surface area (Å²) >= 11 is 0. The fourth-order valence-corrected chi connectivity index (χ4v) is 2.91. The lowest BCUT2D eigenvalue weighted by Gasteiger charge is -2.24. The van der Waals surface area contributed by atoms with Crippen LogP contribution in [0.3, 0.4) is 0 Å². The first kappa shape index (κ1) is 20.6. The molecule has 0 saturated carbocycles. The molecule has 0 fully saturated rings. The highest BCUT2D eigenvalue weighted by molar-refractivity contribution is 5.92. The molecule has 1 aliphatic rings. The maximum absolute atomic E-state index is 12.6. The fraction of sp³-hybridized carbons (Fsp3) is 0.286. The van der Waals surface area contributed by atoms with Crippen molar-refractivity contribution < 1.29 is 32.2 Å². The Labute approximate surface area is 166 Å². The third-order valence-corrected chi connectivity index (χ3v) is 4.25. The van der Waals surface area contributed by atoms with E-state index in [-0.39, 0.29) is 23.8 Å². The predicted molar refractivity (Wildman–Crippen MR) is 101 cm³/mol. The molecular weight excluding hydrogens is 387 g/mol. The van der Waals surface area contributed by atoms with Gasteiger partial charge >= 0.3 is 6.36 Å². The lowest BCUT2D eigenvalue weighted by molar-refractivity contribution is -0.274. The van der Waals surface area contributed by atoms with Crippen LogP contribution in [-0.4, -0.2) is 36.9 Å². The number of hydrogen-bond acceptors (Lipinski definition) is 4. The van der Waals surface area contributed by atoms with Gasteiger partial charge in [0.15, 0.2) is 11.5 Å². The normalized spacial score (nSPS) is 13.4. The summed E-state index contributed by atoms with van der Waals surface area (Å²) in [5.41, 5.74) is 0.953. The molecular formula is C21H20F3NO4. The summed E-state index contributed by atoms with van der Waals surface area (Å²) in [4.78, 5) is 14.2. The summed E-state index contributed by atoms with van der Waals surface area (Å²) in [6, 6.07) is 11.1. The standard InChI is InChI=1S/C21H20F3NO4/c1-2-25(14-16-7-5-9-18-20(16)28-13-12-27-18)19(26)11-10-15-6-3-4-8-17(15)29-21(22,23)24/h3-11H,2,12-14H2,1H3/b11-10+. The van der Waals surface area contributed by atoms with Gasteiger partial charge in [0, 0.05) is 30.3 Å². The number of carbonyl (C=O) groups is 1. The van der Waals surface area contributed by atoms with Crippen LogP contribution in [0, 0.1) is 0 Å². The zero-order valence-corrected chi connectivity index (χ0v) is 15.7. The van der Waals surface area contributed by atoms with Crippen LogP contribution in [0.2, 0.25) is 0 Å². The Morgan fingerprint density at radius 3 is 2.66 bits per heavy atom. The first-order valence-electron chi connectivity index (χ1n) is 9.06. The summed E-state index contributed by atoms with van der Waals surface area (Å²) in [5.74, 6) is 0.530. The summed E-state index contributed by atoms with van der Waals surface area (Å²) in [5, 5.41) is 0. The average molecular weight is 407 g/mol. The molecule has 154 valence electrons. The number of alkyl halides is 3. The summed E-state index contributed by atoms with van der Waals surface area (Å²) in [6.45, 7) is 3.41. The second-order valence-electron chi connectivity index (χ2n) is 6.21. The molecule has 5 nitrogen and oxygen atoms in total. The number of likely N-dealkylation sites (N-methyl/N-ethyl adjacent to an activating group) is 1. The van der Waals surface area contributed by atoms with Crippen molar-refractivity contribution in [2.75, 3.05) is 19.8 Å². The number of hydrogen-bond donors (Lipinski definition) is 0. The van der Waals surface area contributed by atoms with Crippen LogP contribution in [0.5, 0.6) is 17.2 Å². The van der Waals surface area contributed by atoms with Crippen LogP contribution in [0.4, 0.5) is 13.2 Å². The van der Waals surface area contributed by atoms with Gasteiger partial charge in [-0.25, -0.2) is 0 Å². The van der Waals surface area contributed by atoms with Gasteiger partial charge in [-0.05, 0) is 25.1 Å². The molecule has 0 N–H and O–H groups in total. The zero-order chi connectivity index (χ0) is 20.9. The van der Waals surface area contributed by atoms with E-state index in [2.05, 4.69) is 4.74 Å². The van der Waals surface area contributed by atoms with E-state index in [0.717, 1.165) is 5.56 Å². The third-order valence-electron chi connectivity index (χ3n) is 4.25. The molecule has 1 heterocycles. The van der Waals surface area contributed by atoms with Gasteiger partial charge in [0.1, 0.15) is 19.0 Å². The van der Waals surface area contributed by atoms with Crippen LogP contribution in [0.1, 0.15) is 18.1 Å². The molecule has 0 radical (unpaired) electrons. The number of amides is 1. The largest absolute Gasteiger partial charge is 0.573 e. The van der Waals surface area contributed by atoms with E-state index in [0.29, 0.717) is 31.3 Å². The topological polar surface area (TPSA) is 48.0 Å². The molecule has 1 amide bonds. The zero-order valence-electron chi connectivity index (χ0n) is 15.7. The molecule has 8 heteroatoms. The van der Waals surface area contributed by atoms with Crippen LogP contribution < -0.4 is 14.2 Å². The second-order valence-corrected chi connectivity index (χ2v) is 6.21. The predicted octanol–water partition coefficient (Wildman–Crippen LogP) is 4.42. The van der Waals surface area contributed by atoms with E-state index >= 15 is 0 Å². The van der Waals surface area contributed by atoms with E-state index in [1.54, 1.807) is 17.0 Å². The smallest absolute Gasteiger partial charge is 0.486 e. The van der Waals surface area contributed by atoms with Crippen LogP contribution in [0.15, 0.2) is 48.5 Å². The number of fused-ring (bicyclic) bond motifs is 1. The van der Waals surface area contributed by atoms with Crippen molar-refractivity contribution in [2.24, 2.45) is 0 Å². The molecule has 1 aliphatic heterocycles. The molecule has 2 aromatic carbocycles. The minimum atomic E-state index is -4.81. The number of para-hydroxylation sites is 2. The number of halogens is 3.